The van der Waals surface area contributed by atoms with E-state index >= 15 is 0 Å². The fourth-order valence-electron chi connectivity index (χ4n) is 3.91. The molecule has 0 bridgehead atoms. The maximum absolute atomic E-state index is 13.1. The highest BCUT2D eigenvalue weighted by molar-refractivity contribution is 5.82. The van der Waals surface area contributed by atoms with Gasteiger partial charge in [-0.15, -0.1) is 0 Å². The number of benzene rings is 1. The number of carbonyl (C=O) groups excluding carboxylic acids is 1. The zero-order valence-corrected chi connectivity index (χ0v) is 14.9. The molecule has 148 valence electrons. The zero-order chi connectivity index (χ0) is 19.6. The van der Waals surface area contributed by atoms with Gasteiger partial charge in [0.05, 0.1) is 6.42 Å². The van der Waals surface area contributed by atoms with Crippen LogP contribution in [0.5, 0.6) is 0 Å². The molecule has 1 aromatic rings. The molecule has 0 aromatic heterocycles. The van der Waals surface area contributed by atoms with Gasteiger partial charge in [-0.1, -0.05) is 30.3 Å². The summed E-state index contributed by atoms with van der Waals surface area (Å²) in [4.78, 5) is 25.6. The molecule has 5 nitrogen and oxygen atoms in total. The van der Waals surface area contributed by atoms with E-state index < -0.39 is 24.1 Å². The first-order chi connectivity index (χ1) is 12.8. The summed E-state index contributed by atoms with van der Waals surface area (Å²) in [7, 11) is 0. The second-order valence-electron chi connectivity index (χ2n) is 7.37. The van der Waals surface area contributed by atoms with Crippen molar-refractivity contribution in [2.45, 2.75) is 37.4 Å². The van der Waals surface area contributed by atoms with Gasteiger partial charge in [-0.3, -0.25) is 9.59 Å². The Kier molecular flexibility index (Phi) is 5.74. The van der Waals surface area contributed by atoms with Crippen LogP contribution < -0.4 is 0 Å². The van der Waals surface area contributed by atoms with Gasteiger partial charge in [0.2, 0.25) is 0 Å². The number of carboxylic acid groups (broad SMARTS) is 1. The van der Waals surface area contributed by atoms with Crippen LogP contribution in [0.1, 0.15) is 30.7 Å². The SMILES string of the molecule is O=C(O)CCN1CC[C@H](CN(C(=O)C(F)(F)F)[C@@H]2C[C@H]2c2ccccc2)C1. The van der Waals surface area contributed by atoms with Gasteiger partial charge in [0.15, 0.2) is 0 Å². The number of amides is 1. The first-order valence-electron chi connectivity index (χ1n) is 9.12. The van der Waals surface area contributed by atoms with Crippen molar-refractivity contribution >= 4 is 11.9 Å². The Balaban J connectivity index is 1.64. The van der Waals surface area contributed by atoms with Crippen molar-refractivity contribution in [3.8, 4) is 0 Å². The van der Waals surface area contributed by atoms with Crippen LogP contribution in [0.3, 0.4) is 0 Å². The van der Waals surface area contributed by atoms with Gasteiger partial charge in [0, 0.05) is 31.6 Å². The number of halogens is 3. The molecule has 2 fully saturated rings. The molecular formula is C19H23F3N2O3. The van der Waals surface area contributed by atoms with Crippen LogP contribution in [0.2, 0.25) is 0 Å². The normalized spacial score (nSPS) is 25.4. The molecule has 0 radical (unpaired) electrons. The number of carboxylic acids is 1. The van der Waals surface area contributed by atoms with Crippen molar-refractivity contribution in [3.05, 3.63) is 35.9 Å². The van der Waals surface area contributed by atoms with Crippen LogP contribution in [-0.2, 0) is 9.59 Å². The van der Waals surface area contributed by atoms with E-state index in [1.54, 1.807) is 0 Å². The van der Waals surface area contributed by atoms with Crippen LogP contribution in [0.25, 0.3) is 0 Å². The van der Waals surface area contributed by atoms with Gasteiger partial charge in [-0.05, 0) is 30.9 Å². The van der Waals surface area contributed by atoms with Crippen LogP contribution in [0.4, 0.5) is 13.2 Å². The predicted molar refractivity (Wildman–Crippen MR) is 92.2 cm³/mol. The largest absolute Gasteiger partial charge is 0.481 e. The summed E-state index contributed by atoms with van der Waals surface area (Å²) in [6.07, 6.45) is -3.66. The van der Waals surface area contributed by atoms with Crippen molar-refractivity contribution in [1.82, 2.24) is 9.80 Å². The summed E-state index contributed by atoms with van der Waals surface area (Å²) >= 11 is 0. The van der Waals surface area contributed by atoms with Crippen LogP contribution in [0.15, 0.2) is 30.3 Å². The molecule has 1 aromatic carbocycles. The number of likely N-dealkylation sites (tertiary alicyclic amines) is 1. The van der Waals surface area contributed by atoms with E-state index in [9.17, 15) is 22.8 Å². The standard InChI is InChI=1S/C19H23F3N2O3/c20-19(21,22)18(27)24(16-10-15(16)14-4-2-1-3-5-14)12-13-6-8-23(11-13)9-7-17(25)26/h1-5,13,15-16H,6-12H2,(H,25,26)/t13-,15-,16+/m0/s1. The summed E-state index contributed by atoms with van der Waals surface area (Å²) in [6.45, 7) is 1.63. The number of alkyl halides is 3. The molecule has 3 rings (SSSR count). The molecule has 1 heterocycles. The van der Waals surface area contributed by atoms with Gasteiger partial charge < -0.3 is 14.9 Å². The fraction of sp³-hybridized carbons (Fsp3) is 0.579. The molecule has 1 aliphatic carbocycles. The number of aliphatic carboxylic acids is 1. The molecule has 1 saturated heterocycles. The highest BCUT2D eigenvalue weighted by Crippen LogP contribution is 2.46. The Morgan fingerprint density at radius 2 is 1.93 bits per heavy atom. The summed E-state index contributed by atoms with van der Waals surface area (Å²) in [5.74, 6) is -2.78. The lowest BCUT2D eigenvalue weighted by atomic mass is 10.1. The van der Waals surface area contributed by atoms with Gasteiger partial charge in [0.1, 0.15) is 0 Å². The Hall–Kier alpha value is -2.09. The summed E-state index contributed by atoms with van der Waals surface area (Å²) in [6, 6.07) is 8.88. The number of hydrogen-bond donors (Lipinski definition) is 1. The van der Waals surface area contributed by atoms with E-state index in [1.165, 1.54) is 0 Å². The average molecular weight is 384 g/mol. The minimum absolute atomic E-state index is 0.0105. The molecule has 1 N–H and O–H groups in total. The molecule has 2 aliphatic rings. The van der Waals surface area contributed by atoms with Crippen molar-refractivity contribution in [2.24, 2.45) is 5.92 Å². The number of nitrogens with zero attached hydrogens (tertiary/aromatic N) is 2. The lowest BCUT2D eigenvalue weighted by Gasteiger charge is -2.27. The van der Waals surface area contributed by atoms with Crippen LogP contribution >= 0.6 is 0 Å². The number of carbonyl (C=O) groups is 2. The predicted octanol–water partition coefficient (Wildman–Crippen LogP) is 2.73. The Labute approximate surface area is 155 Å². The molecule has 0 unspecified atom stereocenters. The first kappa shape index (κ1) is 19.7. The lowest BCUT2D eigenvalue weighted by molar-refractivity contribution is -0.186. The minimum atomic E-state index is -4.88. The quantitative estimate of drug-likeness (QED) is 0.785. The van der Waals surface area contributed by atoms with Crippen molar-refractivity contribution in [2.75, 3.05) is 26.2 Å². The summed E-state index contributed by atoms with van der Waals surface area (Å²) < 4.78 is 39.3. The van der Waals surface area contributed by atoms with E-state index in [0.29, 0.717) is 32.5 Å². The number of rotatable bonds is 7. The third-order valence-corrected chi connectivity index (χ3v) is 5.35. The molecule has 8 heteroatoms. The van der Waals surface area contributed by atoms with E-state index in [2.05, 4.69) is 0 Å². The molecule has 1 saturated carbocycles. The molecule has 1 amide bonds. The minimum Gasteiger partial charge on any atom is -0.481 e. The number of hydrogen-bond acceptors (Lipinski definition) is 3. The molecule has 0 spiro atoms. The Bertz CT molecular complexity index is 681. The van der Waals surface area contributed by atoms with Gasteiger partial charge in [0.25, 0.3) is 0 Å². The second kappa shape index (κ2) is 7.88. The second-order valence-corrected chi connectivity index (χ2v) is 7.37. The average Bonchev–Trinajstić information content (AvgIpc) is 3.28. The smallest absolute Gasteiger partial charge is 0.471 e. The van der Waals surface area contributed by atoms with Gasteiger partial charge in [-0.2, -0.15) is 13.2 Å². The first-order valence-corrected chi connectivity index (χ1v) is 9.12. The molecule has 27 heavy (non-hydrogen) atoms. The Morgan fingerprint density at radius 1 is 1.22 bits per heavy atom. The molecule has 3 atom stereocenters. The third kappa shape index (κ3) is 5.00. The highest BCUT2D eigenvalue weighted by Gasteiger charge is 2.52. The molecular weight excluding hydrogens is 361 g/mol. The lowest BCUT2D eigenvalue weighted by Crippen LogP contribution is -2.45. The Morgan fingerprint density at radius 3 is 2.56 bits per heavy atom. The monoisotopic (exact) mass is 384 g/mol. The highest BCUT2D eigenvalue weighted by atomic mass is 19.4. The zero-order valence-electron chi connectivity index (χ0n) is 14.9. The summed E-state index contributed by atoms with van der Waals surface area (Å²) in [5.41, 5.74) is 0.956. The van der Waals surface area contributed by atoms with Crippen LogP contribution in [0, 0.1) is 5.92 Å². The van der Waals surface area contributed by atoms with E-state index in [4.69, 9.17) is 5.11 Å². The van der Waals surface area contributed by atoms with Gasteiger partial charge in [-0.25, -0.2) is 0 Å². The van der Waals surface area contributed by atoms with E-state index in [0.717, 1.165) is 10.5 Å². The molecule has 1 aliphatic heterocycles. The van der Waals surface area contributed by atoms with Gasteiger partial charge >= 0.3 is 18.1 Å². The maximum Gasteiger partial charge on any atom is 0.471 e. The topological polar surface area (TPSA) is 60.9 Å². The van der Waals surface area contributed by atoms with Crippen molar-refractivity contribution in [3.63, 3.8) is 0 Å². The maximum atomic E-state index is 13.1. The fourth-order valence-corrected chi connectivity index (χ4v) is 3.91. The van der Waals surface area contributed by atoms with Crippen molar-refractivity contribution in [1.29, 1.82) is 0 Å². The summed E-state index contributed by atoms with van der Waals surface area (Å²) in [5, 5.41) is 8.76. The van der Waals surface area contributed by atoms with Crippen molar-refractivity contribution < 1.29 is 27.9 Å². The van der Waals surface area contributed by atoms with Crippen LogP contribution in [-0.4, -0.2) is 65.2 Å². The van der Waals surface area contributed by atoms with E-state index in [-0.39, 0.29) is 24.8 Å². The van der Waals surface area contributed by atoms with E-state index in [1.807, 2.05) is 35.2 Å². The third-order valence-electron chi connectivity index (χ3n) is 5.35.